The topological polar surface area (TPSA) is 50.8 Å². The third-order valence-electron chi connectivity index (χ3n) is 4.51. The van der Waals surface area contributed by atoms with Crippen LogP contribution in [-0.2, 0) is 4.74 Å². The van der Waals surface area contributed by atoms with Crippen molar-refractivity contribution in [3.63, 3.8) is 0 Å². The van der Waals surface area contributed by atoms with Gasteiger partial charge in [-0.25, -0.2) is 0 Å². The molecule has 0 amide bonds. The third-order valence-corrected chi connectivity index (χ3v) is 4.51. The molecule has 98 valence electrons. The van der Waals surface area contributed by atoms with Crippen molar-refractivity contribution in [2.24, 2.45) is 16.6 Å². The summed E-state index contributed by atoms with van der Waals surface area (Å²) in [6, 6.07) is 0. The number of rotatable bonds is 4. The maximum absolute atomic E-state index is 6.06. The normalized spacial score (nSPS) is 33.2. The van der Waals surface area contributed by atoms with Gasteiger partial charge in [-0.1, -0.05) is 26.2 Å². The van der Waals surface area contributed by atoms with Crippen LogP contribution in [0.2, 0.25) is 0 Å². The van der Waals surface area contributed by atoms with Gasteiger partial charge in [-0.3, -0.25) is 4.99 Å². The van der Waals surface area contributed by atoms with Gasteiger partial charge >= 0.3 is 0 Å². The number of hydrogen-bond acceptors (Lipinski definition) is 4. The zero-order chi connectivity index (χ0) is 12.3. The summed E-state index contributed by atoms with van der Waals surface area (Å²) in [6.07, 6.45) is 6.45. The summed E-state index contributed by atoms with van der Waals surface area (Å²) in [5, 5.41) is 0. The fraction of sp³-hybridized carbons (Fsp3) is 0.923. The first-order chi connectivity index (χ1) is 8.24. The van der Waals surface area contributed by atoms with Crippen molar-refractivity contribution in [1.29, 1.82) is 0 Å². The van der Waals surface area contributed by atoms with Crippen molar-refractivity contribution >= 4 is 5.96 Å². The van der Waals surface area contributed by atoms with Crippen molar-refractivity contribution in [3.05, 3.63) is 0 Å². The molecule has 1 heterocycles. The van der Waals surface area contributed by atoms with Crippen LogP contribution in [0, 0.1) is 5.92 Å². The number of aliphatic imine (C=N–C) groups is 1. The van der Waals surface area contributed by atoms with Gasteiger partial charge in [-0.2, -0.15) is 0 Å². The van der Waals surface area contributed by atoms with Gasteiger partial charge in [-0.05, 0) is 18.8 Å². The first kappa shape index (κ1) is 12.7. The molecule has 17 heavy (non-hydrogen) atoms. The van der Waals surface area contributed by atoms with Gasteiger partial charge in [0.25, 0.3) is 0 Å². The third kappa shape index (κ3) is 2.15. The molecule has 1 aliphatic carbocycles. The van der Waals surface area contributed by atoms with Gasteiger partial charge in [-0.15, -0.1) is 0 Å². The first-order valence-corrected chi connectivity index (χ1v) is 6.81. The first-order valence-electron chi connectivity index (χ1n) is 6.81. The molecular weight excluding hydrogens is 214 g/mol. The van der Waals surface area contributed by atoms with Crippen LogP contribution < -0.4 is 5.73 Å². The van der Waals surface area contributed by atoms with E-state index in [1.54, 1.807) is 7.11 Å². The Labute approximate surface area is 104 Å². The van der Waals surface area contributed by atoms with E-state index in [1.165, 1.54) is 32.1 Å². The van der Waals surface area contributed by atoms with E-state index in [9.17, 15) is 0 Å². The maximum atomic E-state index is 6.06. The lowest BCUT2D eigenvalue weighted by atomic mass is 9.71. The molecule has 1 aliphatic heterocycles. The number of nitrogens with zero attached hydrogens (tertiary/aromatic N) is 2. The molecule has 1 saturated carbocycles. The van der Waals surface area contributed by atoms with Crippen molar-refractivity contribution < 1.29 is 4.74 Å². The van der Waals surface area contributed by atoms with Crippen LogP contribution in [0.15, 0.2) is 4.99 Å². The maximum Gasteiger partial charge on any atom is 0.191 e. The molecule has 2 aliphatic rings. The zero-order valence-corrected chi connectivity index (χ0v) is 11.1. The molecule has 1 spiro atoms. The lowest BCUT2D eigenvalue weighted by Gasteiger charge is -2.47. The van der Waals surface area contributed by atoms with E-state index < -0.39 is 0 Å². The highest BCUT2D eigenvalue weighted by molar-refractivity contribution is 5.81. The fourth-order valence-corrected chi connectivity index (χ4v) is 3.58. The molecule has 2 rings (SSSR count). The minimum absolute atomic E-state index is 0.204. The van der Waals surface area contributed by atoms with E-state index in [0.717, 1.165) is 31.6 Å². The van der Waals surface area contributed by atoms with Crippen LogP contribution in [0.25, 0.3) is 0 Å². The Bertz CT molecular complexity index is 292. The van der Waals surface area contributed by atoms with Crippen LogP contribution in [-0.4, -0.2) is 43.2 Å². The molecule has 4 heteroatoms. The molecular formula is C13H25N3O. The summed E-state index contributed by atoms with van der Waals surface area (Å²) in [6.45, 7) is 4.79. The minimum atomic E-state index is 0.204. The predicted octanol–water partition coefficient (Wildman–Crippen LogP) is 1.60. The lowest BCUT2D eigenvalue weighted by molar-refractivity contribution is 0.0513. The van der Waals surface area contributed by atoms with Gasteiger partial charge in [0.2, 0.25) is 0 Å². The predicted molar refractivity (Wildman–Crippen MR) is 70.1 cm³/mol. The molecule has 0 saturated heterocycles. The number of guanidine groups is 1. The Morgan fingerprint density at radius 2 is 2.35 bits per heavy atom. The van der Waals surface area contributed by atoms with Crippen molar-refractivity contribution in [3.8, 4) is 0 Å². The van der Waals surface area contributed by atoms with Crippen LogP contribution in [0.4, 0.5) is 0 Å². The fourth-order valence-electron chi connectivity index (χ4n) is 3.58. The smallest absolute Gasteiger partial charge is 0.191 e. The van der Waals surface area contributed by atoms with Crippen LogP contribution in [0.1, 0.15) is 39.0 Å². The quantitative estimate of drug-likeness (QED) is 0.810. The molecule has 2 atom stereocenters. The average molecular weight is 239 g/mol. The molecule has 1 fully saturated rings. The Kier molecular flexibility index (Phi) is 3.92. The van der Waals surface area contributed by atoms with Crippen molar-refractivity contribution in [2.75, 3.05) is 26.8 Å². The molecule has 0 aromatic heterocycles. The van der Waals surface area contributed by atoms with E-state index in [2.05, 4.69) is 16.8 Å². The molecule has 2 N–H and O–H groups in total. The molecule has 0 radical (unpaired) electrons. The van der Waals surface area contributed by atoms with Gasteiger partial charge in [0.1, 0.15) is 0 Å². The van der Waals surface area contributed by atoms with Crippen LogP contribution in [0.3, 0.4) is 0 Å². The Balaban J connectivity index is 2.15. The number of nitrogens with two attached hydrogens (primary N) is 1. The second-order valence-electron chi connectivity index (χ2n) is 5.27. The van der Waals surface area contributed by atoms with E-state index in [1.807, 2.05) is 0 Å². The van der Waals surface area contributed by atoms with Crippen molar-refractivity contribution in [2.45, 2.75) is 44.6 Å². The second-order valence-corrected chi connectivity index (χ2v) is 5.27. The second kappa shape index (κ2) is 5.25. The molecule has 2 unspecified atom stereocenters. The molecule has 4 nitrogen and oxygen atoms in total. The summed E-state index contributed by atoms with van der Waals surface area (Å²) >= 11 is 0. The Hall–Kier alpha value is -0.770. The minimum Gasteiger partial charge on any atom is -0.383 e. The highest BCUT2D eigenvalue weighted by atomic mass is 16.5. The van der Waals surface area contributed by atoms with Crippen LogP contribution >= 0.6 is 0 Å². The summed E-state index contributed by atoms with van der Waals surface area (Å²) in [5.41, 5.74) is 6.27. The molecule has 0 aromatic carbocycles. The standard InChI is InChI=1S/C13H25N3O/c1-3-11-6-4-5-7-13(11)10-15-12(14)16(13)8-9-17-2/h11H,3-10H2,1-2H3,(H2,14,15). The highest BCUT2D eigenvalue weighted by Crippen LogP contribution is 2.42. The average Bonchev–Trinajstić information content (AvgIpc) is 2.66. The summed E-state index contributed by atoms with van der Waals surface area (Å²) < 4.78 is 5.20. The zero-order valence-electron chi connectivity index (χ0n) is 11.1. The lowest BCUT2D eigenvalue weighted by Crippen LogP contribution is -2.58. The molecule has 0 bridgehead atoms. The molecule has 0 aromatic rings. The van der Waals surface area contributed by atoms with Crippen molar-refractivity contribution in [1.82, 2.24) is 4.90 Å². The van der Waals surface area contributed by atoms with E-state index in [0.29, 0.717) is 0 Å². The monoisotopic (exact) mass is 239 g/mol. The summed E-state index contributed by atoms with van der Waals surface area (Å²) in [7, 11) is 1.74. The number of hydrogen-bond donors (Lipinski definition) is 1. The Morgan fingerprint density at radius 1 is 1.53 bits per heavy atom. The summed E-state index contributed by atoms with van der Waals surface area (Å²) in [5.74, 6) is 1.46. The highest BCUT2D eigenvalue weighted by Gasteiger charge is 2.48. The largest absolute Gasteiger partial charge is 0.383 e. The SMILES string of the molecule is CCC1CCCCC12CN=C(N)N2CCOC. The van der Waals surface area contributed by atoms with E-state index in [-0.39, 0.29) is 5.54 Å². The van der Waals surface area contributed by atoms with Gasteiger partial charge < -0.3 is 15.4 Å². The van der Waals surface area contributed by atoms with Crippen LogP contribution in [0.5, 0.6) is 0 Å². The van der Waals surface area contributed by atoms with Gasteiger partial charge in [0.05, 0.1) is 18.7 Å². The summed E-state index contributed by atoms with van der Waals surface area (Å²) in [4.78, 5) is 6.83. The number of ether oxygens (including phenoxy) is 1. The number of methoxy groups -OCH3 is 1. The Morgan fingerprint density at radius 3 is 3.06 bits per heavy atom. The van der Waals surface area contributed by atoms with Gasteiger partial charge in [0.15, 0.2) is 5.96 Å². The van der Waals surface area contributed by atoms with E-state index in [4.69, 9.17) is 10.5 Å². The van der Waals surface area contributed by atoms with E-state index >= 15 is 0 Å². The van der Waals surface area contributed by atoms with Gasteiger partial charge in [0, 0.05) is 13.7 Å².